The van der Waals surface area contributed by atoms with Gasteiger partial charge in [0.1, 0.15) is 24.3 Å². The number of halogens is 3. The lowest BCUT2D eigenvalue weighted by atomic mass is 10.3. The molecule has 0 fully saturated rings. The van der Waals surface area contributed by atoms with Crippen LogP contribution in [0.25, 0.3) is 0 Å². The molecule has 3 nitrogen and oxygen atoms in total. The van der Waals surface area contributed by atoms with Crippen LogP contribution in [0.2, 0.25) is 10.0 Å². The molecule has 112 valence electrons. The van der Waals surface area contributed by atoms with Crippen molar-refractivity contribution >= 4 is 28.9 Å². The average Bonchev–Trinajstić information content (AvgIpc) is 2.47. The van der Waals surface area contributed by atoms with Crippen molar-refractivity contribution in [3.8, 4) is 5.75 Å². The monoisotopic (exact) mass is 329 g/mol. The highest BCUT2D eigenvalue weighted by Gasteiger charge is 2.09. The van der Waals surface area contributed by atoms with E-state index in [0.29, 0.717) is 15.8 Å². The van der Waals surface area contributed by atoms with Crippen LogP contribution in [-0.4, -0.2) is 24.4 Å². The summed E-state index contributed by atoms with van der Waals surface area (Å²) in [6, 6.07) is 11.2. The van der Waals surface area contributed by atoms with Gasteiger partial charge in [-0.3, -0.25) is 0 Å². The van der Waals surface area contributed by atoms with Crippen molar-refractivity contribution < 1.29 is 14.2 Å². The van der Waals surface area contributed by atoms with Crippen LogP contribution in [0.1, 0.15) is 0 Å². The minimum atomic E-state index is -0.820. The summed E-state index contributed by atoms with van der Waals surface area (Å²) in [5.74, 6) is 0.0609. The van der Waals surface area contributed by atoms with E-state index in [2.05, 4.69) is 5.32 Å². The van der Waals surface area contributed by atoms with E-state index in [1.807, 2.05) is 0 Å². The summed E-state index contributed by atoms with van der Waals surface area (Å²) in [5.41, 5.74) is 0.235. The number of anilines is 1. The molecule has 1 unspecified atom stereocenters. The molecule has 0 heterocycles. The van der Waals surface area contributed by atoms with Crippen LogP contribution >= 0.6 is 23.2 Å². The summed E-state index contributed by atoms with van der Waals surface area (Å²) in [4.78, 5) is 0. The van der Waals surface area contributed by atoms with Crippen LogP contribution in [0.5, 0.6) is 5.75 Å². The van der Waals surface area contributed by atoms with Crippen LogP contribution in [-0.2, 0) is 0 Å². The molecule has 0 aliphatic carbocycles. The fraction of sp³-hybridized carbons (Fsp3) is 0.200. The van der Waals surface area contributed by atoms with E-state index >= 15 is 0 Å². The first-order valence-electron chi connectivity index (χ1n) is 6.30. The summed E-state index contributed by atoms with van der Waals surface area (Å²) in [6.07, 6.45) is -0.820. The number of aliphatic hydroxyl groups excluding tert-OH is 1. The number of para-hydroxylation sites is 1. The second-order valence-corrected chi connectivity index (χ2v) is 5.24. The number of rotatable bonds is 6. The molecule has 0 aliphatic heterocycles. The van der Waals surface area contributed by atoms with Gasteiger partial charge in [-0.25, -0.2) is 4.39 Å². The molecule has 0 bridgehead atoms. The Bertz CT molecular complexity index is 610. The van der Waals surface area contributed by atoms with Gasteiger partial charge in [0.2, 0.25) is 0 Å². The summed E-state index contributed by atoms with van der Waals surface area (Å²) in [5, 5.41) is 13.5. The van der Waals surface area contributed by atoms with Gasteiger partial charge in [0.05, 0.1) is 10.7 Å². The average molecular weight is 330 g/mol. The van der Waals surface area contributed by atoms with Crippen molar-refractivity contribution in [2.24, 2.45) is 0 Å². The number of nitrogens with one attached hydrogen (secondary N) is 1. The largest absolute Gasteiger partial charge is 0.489 e. The molecule has 0 spiro atoms. The zero-order valence-corrected chi connectivity index (χ0v) is 12.5. The molecular formula is C15H14Cl2FNO2. The first-order valence-corrected chi connectivity index (χ1v) is 7.06. The standard InChI is InChI=1S/C15H14Cl2FNO2/c16-10-5-6-13(18)14(7-10)19-8-11(20)9-21-15-4-2-1-3-12(15)17/h1-7,11,19-20H,8-9H2. The molecule has 1 atom stereocenters. The highest BCUT2D eigenvalue weighted by molar-refractivity contribution is 6.32. The Balaban J connectivity index is 1.84. The molecule has 2 N–H and O–H groups in total. The summed E-state index contributed by atoms with van der Waals surface area (Å²) < 4.78 is 18.9. The molecule has 0 amide bonds. The van der Waals surface area contributed by atoms with Gasteiger partial charge in [-0.2, -0.15) is 0 Å². The molecule has 6 heteroatoms. The first-order chi connectivity index (χ1) is 10.1. The predicted molar refractivity (Wildman–Crippen MR) is 82.9 cm³/mol. The van der Waals surface area contributed by atoms with E-state index < -0.39 is 11.9 Å². The number of hydrogen-bond acceptors (Lipinski definition) is 3. The predicted octanol–water partition coefficient (Wildman–Crippen LogP) is 3.98. The van der Waals surface area contributed by atoms with Crippen LogP contribution in [0.3, 0.4) is 0 Å². The number of hydrogen-bond donors (Lipinski definition) is 2. The fourth-order valence-electron chi connectivity index (χ4n) is 1.67. The molecule has 2 rings (SSSR count). The van der Waals surface area contributed by atoms with Crippen molar-refractivity contribution in [2.45, 2.75) is 6.10 Å². The minimum absolute atomic E-state index is 0.0406. The van der Waals surface area contributed by atoms with E-state index in [4.69, 9.17) is 27.9 Å². The molecule has 21 heavy (non-hydrogen) atoms. The Morgan fingerprint density at radius 1 is 1.19 bits per heavy atom. The van der Waals surface area contributed by atoms with Gasteiger partial charge in [0.25, 0.3) is 0 Å². The molecule has 0 saturated heterocycles. The molecule has 0 saturated carbocycles. The molecule has 0 aliphatic rings. The van der Waals surface area contributed by atoms with Gasteiger partial charge in [0.15, 0.2) is 0 Å². The van der Waals surface area contributed by atoms with Crippen molar-refractivity contribution in [3.63, 3.8) is 0 Å². The summed E-state index contributed by atoms with van der Waals surface area (Å²) in [7, 11) is 0. The van der Waals surface area contributed by atoms with Gasteiger partial charge in [0, 0.05) is 11.6 Å². The molecule has 0 aromatic heterocycles. The zero-order chi connectivity index (χ0) is 15.2. The first kappa shape index (κ1) is 15.9. The van der Waals surface area contributed by atoms with Crippen molar-refractivity contribution in [3.05, 3.63) is 58.3 Å². The smallest absolute Gasteiger partial charge is 0.146 e. The van der Waals surface area contributed by atoms with E-state index in [0.717, 1.165) is 0 Å². The minimum Gasteiger partial charge on any atom is -0.489 e. The van der Waals surface area contributed by atoms with Crippen molar-refractivity contribution in [2.75, 3.05) is 18.5 Å². The van der Waals surface area contributed by atoms with Gasteiger partial charge in [-0.05, 0) is 30.3 Å². The normalized spacial score (nSPS) is 12.0. The lowest BCUT2D eigenvalue weighted by Gasteiger charge is -2.15. The molecule has 2 aromatic rings. The van der Waals surface area contributed by atoms with Crippen molar-refractivity contribution in [1.29, 1.82) is 0 Å². The van der Waals surface area contributed by atoms with E-state index in [1.165, 1.54) is 18.2 Å². The third-order valence-electron chi connectivity index (χ3n) is 2.72. The topological polar surface area (TPSA) is 41.5 Å². The number of ether oxygens (including phenoxy) is 1. The summed E-state index contributed by atoms with van der Waals surface area (Å²) >= 11 is 11.7. The molecule has 2 aromatic carbocycles. The number of aliphatic hydroxyl groups is 1. The lowest BCUT2D eigenvalue weighted by molar-refractivity contribution is 0.117. The van der Waals surface area contributed by atoms with E-state index in [9.17, 15) is 9.50 Å². The second kappa shape index (κ2) is 7.50. The maximum Gasteiger partial charge on any atom is 0.146 e. The third-order valence-corrected chi connectivity index (χ3v) is 3.27. The molecular weight excluding hydrogens is 316 g/mol. The van der Waals surface area contributed by atoms with E-state index in [-0.39, 0.29) is 18.8 Å². The SMILES string of the molecule is OC(CNc1cc(Cl)ccc1F)COc1ccccc1Cl. The van der Waals surface area contributed by atoms with Crippen LogP contribution in [0, 0.1) is 5.82 Å². The Labute approximate surface area is 132 Å². The van der Waals surface area contributed by atoms with Gasteiger partial charge in [-0.15, -0.1) is 0 Å². The van der Waals surface area contributed by atoms with Crippen LogP contribution < -0.4 is 10.1 Å². The Kier molecular flexibility index (Phi) is 5.67. The van der Waals surface area contributed by atoms with Gasteiger partial charge < -0.3 is 15.2 Å². The summed E-state index contributed by atoms with van der Waals surface area (Å²) in [6.45, 7) is 0.167. The van der Waals surface area contributed by atoms with Crippen LogP contribution in [0.15, 0.2) is 42.5 Å². The van der Waals surface area contributed by atoms with Gasteiger partial charge in [-0.1, -0.05) is 35.3 Å². The zero-order valence-electron chi connectivity index (χ0n) is 11.0. The number of benzene rings is 2. The van der Waals surface area contributed by atoms with Crippen LogP contribution in [0.4, 0.5) is 10.1 Å². The maximum atomic E-state index is 13.5. The highest BCUT2D eigenvalue weighted by Crippen LogP contribution is 2.23. The lowest BCUT2D eigenvalue weighted by Crippen LogP contribution is -2.26. The fourth-order valence-corrected chi connectivity index (χ4v) is 2.03. The molecule has 0 radical (unpaired) electrons. The Hall–Kier alpha value is -1.49. The third kappa shape index (κ3) is 4.77. The van der Waals surface area contributed by atoms with Crippen molar-refractivity contribution in [1.82, 2.24) is 0 Å². The Morgan fingerprint density at radius 3 is 2.71 bits per heavy atom. The van der Waals surface area contributed by atoms with Gasteiger partial charge >= 0.3 is 0 Å². The maximum absolute atomic E-state index is 13.5. The second-order valence-electron chi connectivity index (χ2n) is 4.40. The Morgan fingerprint density at radius 2 is 1.95 bits per heavy atom. The van der Waals surface area contributed by atoms with E-state index in [1.54, 1.807) is 24.3 Å². The highest BCUT2D eigenvalue weighted by atomic mass is 35.5. The quantitative estimate of drug-likeness (QED) is 0.842.